The SMILES string of the molecule is CN(Cc1ccccc1)S(=O)(=O)c1cc(C(=O)NCC2CC[C@@H]3C[C@H]2C3(C)C)ccc1Br. The highest BCUT2D eigenvalue weighted by Gasteiger charge is 2.53. The van der Waals surface area contributed by atoms with Crippen LogP contribution >= 0.6 is 15.9 Å². The van der Waals surface area contributed by atoms with Crippen molar-refractivity contribution < 1.29 is 13.2 Å². The molecule has 3 aliphatic carbocycles. The summed E-state index contributed by atoms with van der Waals surface area (Å²) < 4.78 is 28.2. The second-order valence-electron chi connectivity index (χ2n) is 9.80. The van der Waals surface area contributed by atoms with Crippen LogP contribution in [0.4, 0.5) is 0 Å². The van der Waals surface area contributed by atoms with E-state index in [1.165, 1.54) is 23.2 Å². The smallest absolute Gasteiger partial charge is 0.251 e. The number of hydrogen-bond donors (Lipinski definition) is 1. The Bertz CT molecular complexity index is 1100. The molecule has 0 saturated heterocycles. The van der Waals surface area contributed by atoms with Gasteiger partial charge in [0.2, 0.25) is 10.0 Å². The Morgan fingerprint density at radius 2 is 1.88 bits per heavy atom. The zero-order valence-electron chi connectivity index (χ0n) is 18.8. The number of amides is 1. The predicted molar refractivity (Wildman–Crippen MR) is 130 cm³/mol. The maximum Gasteiger partial charge on any atom is 0.251 e. The first-order valence-corrected chi connectivity index (χ1v) is 13.4. The summed E-state index contributed by atoms with van der Waals surface area (Å²) in [7, 11) is -2.22. The summed E-state index contributed by atoms with van der Waals surface area (Å²) in [5, 5.41) is 3.07. The fourth-order valence-electron chi connectivity index (χ4n) is 5.47. The number of carbonyl (C=O) groups excluding carboxylic acids is 1. The standard InChI is InChI=1S/C25H31BrN2O3S/c1-25(2)20-11-9-19(21(25)14-20)15-27-24(29)18-10-12-22(26)23(13-18)32(30,31)28(3)16-17-7-5-4-6-8-17/h4-8,10,12-13,19-21H,9,11,14-16H2,1-3H3,(H,27,29)/t19?,20-,21-/m1/s1. The van der Waals surface area contributed by atoms with Crippen LogP contribution in [0.5, 0.6) is 0 Å². The molecule has 0 aromatic heterocycles. The van der Waals surface area contributed by atoms with Crippen LogP contribution in [0.15, 0.2) is 57.9 Å². The fraction of sp³-hybridized carbons (Fsp3) is 0.480. The van der Waals surface area contributed by atoms with Crippen molar-refractivity contribution >= 4 is 31.9 Å². The number of hydrogen-bond acceptors (Lipinski definition) is 3. The van der Waals surface area contributed by atoms with Crippen LogP contribution < -0.4 is 5.32 Å². The maximum absolute atomic E-state index is 13.2. The predicted octanol–water partition coefficient (Wildman–Crippen LogP) is 5.07. The van der Waals surface area contributed by atoms with Gasteiger partial charge in [-0.2, -0.15) is 4.31 Å². The van der Waals surface area contributed by atoms with Crippen LogP contribution in [-0.2, 0) is 16.6 Å². The van der Waals surface area contributed by atoms with E-state index in [-0.39, 0.29) is 17.3 Å². The lowest BCUT2D eigenvalue weighted by molar-refractivity contribution is -0.103. The van der Waals surface area contributed by atoms with Gasteiger partial charge < -0.3 is 5.32 Å². The van der Waals surface area contributed by atoms with Crippen LogP contribution in [0.2, 0.25) is 0 Å². The molecule has 2 aromatic carbocycles. The molecule has 7 heteroatoms. The van der Waals surface area contributed by atoms with Crippen molar-refractivity contribution in [2.75, 3.05) is 13.6 Å². The Balaban J connectivity index is 1.46. The summed E-state index contributed by atoms with van der Waals surface area (Å²) in [4.78, 5) is 13.0. The van der Waals surface area contributed by atoms with E-state index >= 15 is 0 Å². The van der Waals surface area contributed by atoms with Crippen molar-refractivity contribution in [3.05, 3.63) is 64.1 Å². The molecule has 5 nitrogen and oxygen atoms in total. The van der Waals surface area contributed by atoms with E-state index in [0.29, 0.717) is 33.8 Å². The first-order chi connectivity index (χ1) is 15.1. The molecule has 0 spiro atoms. The lowest BCUT2D eigenvalue weighted by atomic mass is 9.45. The van der Waals surface area contributed by atoms with Gasteiger partial charge in [0.1, 0.15) is 0 Å². The number of nitrogens with one attached hydrogen (secondary N) is 1. The monoisotopic (exact) mass is 518 g/mol. The lowest BCUT2D eigenvalue weighted by Crippen LogP contribution is -2.54. The van der Waals surface area contributed by atoms with Crippen molar-refractivity contribution in [2.45, 2.75) is 44.6 Å². The Hall–Kier alpha value is -1.70. The number of rotatable bonds is 7. The minimum absolute atomic E-state index is 0.101. The topological polar surface area (TPSA) is 66.5 Å². The Labute approximate surface area is 199 Å². The van der Waals surface area contributed by atoms with Crippen molar-refractivity contribution in [2.24, 2.45) is 23.2 Å². The van der Waals surface area contributed by atoms with Crippen molar-refractivity contribution in [1.29, 1.82) is 0 Å². The minimum Gasteiger partial charge on any atom is -0.352 e. The highest BCUT2D eigenvalue weighted by atomic mass is 79.9. The minimum atomic E-state index is -3.77. The number of halogens is 1. The lowest BCUT2D eigenvalue weighted by Gasteiger charge is -2.60. The van der Waals surface area contributed by atoms with Crippen LogP contribution in [0.3, 0.4) is 0 Å². The molecule has 1 N–H and O–H groups in total. The van der Waals surface area contributed by atoms with E-state index in [1.807, 2.05) is 30.3 Å². The first-order valence-electron chi connectivity index (χ1n) is 11.2. The summed E-state index contributed by atoms with van der Waals surface area (Å²) >= 11 is 3.36. The van der Waals surface area contributed by atoms with Crippen molar-refractivity contribution in [3.8, 4) is 0 Å². The van der Waals surface area contributed by atoms with Gasteiger partial charge in [0.25, 0.3) is 5.91 Å². The zero-order chi connectivity index (χ0) is 23.1. The van der Waals surface area contributed by atoms with Crippen LogP contribution in [-0.4, -0.2) is 32.2 Å². The normalized spacial score (nSPS) is 24.1. The quantitative estimate of drug-likeness (QED) is 0.556. The third-order valence-corrected chi connectivity index (χ3v) is 10.5. The Morgan fingerprint density at radius 1 is 1.16 bits per heavy atom. The summed E-state index contributed by atoms with van der Waals surface area (Å²) in [6, 6.07) is 14.2. The summed E-state index contributed by atoms with van der Waals surface area (Å²) in [5.74, 6) is 1.76. The highest BCUT2D eigenvalue weighted by Crippen LogP contribution is 2.61. The Morgan fingerprint density at radius 3 is 2.53 bits per heavy atom. The van der Waals surface area contributed by atoms with E-state index in [1.54, 1.807) is 19.2 Å². The molecule has 3 aliphatic rings. The number of fused-ring (bicyclic) bond motifs is 2. The van der Waals surface area contributed by atoms with Gasteiger partial charge in [-0.1, -0.05) is 44.2 Å². The summed E-state index contributed by atoms with van der Waals surface area (Å²) in [6.07, 6.45) is 3.66. The molecule has 3 fully saturated rings. The van der Waals surface area contributed by atoms with E-state index in [2.05, 4.69) is 35.1 Å². The van der Waals surface area contributed by atoms with E-state index in [0.717, 1.165) is 17.9 Å². The molecular weight excluding hydrogens is 488 g/mol. The largest absolute Gasteiger partial charge is 0.352 e. The number of benzene rings is 2. The van der Waals surface area contributed by atoms with E-state index in [9.17, 15) is 13.2 Å². The third kappa shape index (κ3) is 4.39. The van der Waals surface area contributed by atoms with Gasteiger partial charge in [0, 0.05) is 30.2 Å². The van der Waals surface area contributed by atoms with Crippen molar-refractivity contribution in [1.82, 2.24) is 9.62 Å². The average Bonchev–Trinajstić information content (AvgIpc) is 2.78. The molecular formula is C25H31BrN2O3S. The van der Waals surface area contributed by atoms with Gasteiger partial charge in [0.05, 0.1) is 4.90 Å². The number of carbonyl (C=O) groups is 1. The molecule has 0 heterocycles. The molecule has 1 amide bonds. The van der Waals surface area contributed by atoms with Gasteiger partial charge in [-0.05, 0) is 82.1 Å². The molecule has 2 bridgehead atoms. The maximum atomic E-state index is 13.2. The van der Waals surface area contributed by atoms with Gasteiger partial charge >= 0.3 is 0 Å². The molecule has 0 aliphatic heterocycles. The second kappa shape index (κ2) is 8.92. The highest BCUT2D eigenvalue weighted by molar-refractivity contribution is 9.10. The van der Waals surface area contributed by atoms with Gasteiger partial charge in [-0.3, -0.25) is 4.79 Å². The van der Waals surface area contributed by atoms with E-state index < -0.39 is 10.0 Å². The molecule has 1 unspecified atom stereocenters. The van der Waals surface area contributed by atoms with Crippen molar-refractivity contribution in [3.63, 3.8) is 0 Å². The van der Waals surface area contributed by atoms with Crippen LogP contribution in [0.25, 0.3) is 0 Å². The molecule has 0 radical (unpaired) electrons. The van der Waals surface area contributed by atoms with Gasteiger partial charge in [-0.25, -0.2) is 8.42 Å². The van der Waals surface area contributed by atoms with E-state index in [4.69, 9.17) is 0 Å². The molecule has 2 aromatic rings. The molecule has 32 heavy (non-hydrogen) atoms. The third-order valence-electron chi connectivity index (χ3n) is 7.66. The molecule has 3 saturated carbocycles. The fourth-order valence-corrected chi connectivity index (χ4v) is 7.57. The average molecular weight is 520 g/mol. The van der Waals surface area contributed by atoms with Gasteiger partial charge in [0.15, 0.2) is 0 Å². The first kappa shape index (κ1) is 23.5. The second-order valence-corrected chi connectivity index (χ2v) is 12.7. The molecule has 5 rings (SSSR count). The molecule has 172 valence electrons. The zero-order valence-corrected chi connectivity index (χ0v) is 21.2. The molecule has 3 atom stereocenters. The van der Waals surface area contributed by atoms with Crippen LogP contribution in [0, 0.1) is 23.2 Å². The van der Waals surface area contributed by atoms with Crippen LogP contribution in [0.1, 0.15) is 49.0 Å². The number of nitrogens with zero attached hydrogens (tertiary/aromatic N) is 1. The van der Waals surface area contributed by atoms with Gasteiger partial charge in [-0.15, -0.1) is 0 Å². The summed E-state index contributed by atoms with van der Waals surface area (Å²) in [6.45, 7) is 5.59. The Kier molecular flexibility index (Phi) is 6.54. The summed E-state index contributed by atoms with van der Waals surface area (Å²) in [5.41, 5.74) is 1.63. The number of sulfonamides is 1.